The minimum Gasteiger partial charge on any atom is -0.434 e. The van der Waals surface area contributed by atoms with Gasteiger partial charge in [-0.3, -0.25) is 0 Å². The lowest BCUT2D eigenvalue weighted by Gasteiger charge is -2.08. The van der Waals surface area contributed by atoms with Crippen molar-refractivity contribution in [1.82, 2.24) is 29.3 Å². The minimum atomic E-state index is -4.48. The predicted octanol–water partition coefficient (Wildman–Crippen LogP) is 4.46. The molecule has 0 aliphatic rings. The average molecular weight is 464 g/mol. The highest BCUT2D eigenvalue weighted by atomic mass is 19.4. The van der Waals surface area contributed by atoms with Crippen LogP contribution in [0.2, 0.25) is 0 Å². The van der Waals surface area contributed by atoms with E-state index in [1.54, 1.807) is 6.07 Å². The number of nitrogens with zero attached hydrogens (tertiary/aromatic N) is 6. The Bertz CT molecular complexity index is 1520. The molecule has 0 N–H and O–H groups in total. The molecule has 0 atom stereocenters. The maximum Gasteiger partial charge on any atom is 0.416 e. The molecule has 11 heteroatoms. The zero-order valence-corrected chi connectivity index (χ0v) is 17.6. The maximum atomic E-state index is 13.0. The van der Waals surface area contributed by atoms with Crippen molar-refractivity contribution in [2.45, 2.75) is 13.1 Å². The molecule has 0 unspecified atom stereocenters. The van der Waals surface area contributed by atoms with E-state index >= 15 is 0 Å². The van der Waals surface area contributed by atoms with Gasteiger partial charge < -0.3 is 4.42 Å². The Morgan fingerprint density at radius 3 is 2.41 bits per heavy atom. The van der Waals surface area contributed by atoms with Crippen molar-refractivity contribution in [2.75, 3.05) is 0 Å². The number of aromatic nitrogens is 6. The van der Waals surface area contributed by atoms with E-state index in [9.17, 15) is 18.0 Å². The number of hydrogen-bond acceptors (Lipinski definition) is 6. The molecule has 5 rings (SSSR count). The molecule has 3 heterocycles. The zero-order chi connectivity index (χ0) is 23.9. The van der Waals surface area contributed by atoms with Gasteiger partial charge in [0.15, 0.2) is 17.4 Å². The predicted molar refractivity (Wildman–Crippen MR) is 115 cm³/mol. The Morgan fingerprint density at radius 1 is 0.971 bits per heavy atom. The zero-order valence-electron chi connectivity index (χ0n) is 17.6. The molecule has 170 valence electrons. The normalized spacial score (nSPS) is 11.6. The summed E-state index contributed by atoms with van der Waals surface area (Å²) in [6, 6.07) is 13.3. The summed E-state index contributed by atoms with van der Waals surface area (Å²) in [4.78, 5) is 25.2. The second kappa shape index (κ2) is 8.10. The van der Waals surface area contributed by atoms with Crippen molar-refractivity contribution in [3.05, 3.63) is 95.1 Å². The van der Waals surface area contributed by atoms with E-state index in [1.807, 2.05) is 25.1 Å². The van der Waals surface area contributed by atoms with Gasteiger partial charge in [-0.2, -0.15) is 28.2 Å². The van der Waals surface area contributed by atoms with Crippen molar-refractivity contribution in [3.63, 3.8) is 0 Å². The van der Waals surface area contributed by atoms with Gasteiger partial charge in [-0.25, -0.2) is 19.0 Å². The molecule has 0 aliphatic heterocycles. The van der Waals surface area contributed by atoms with Crippen LogP contribution in [0.25, 0.3) is 34.4 Å². The molecule has 5 aromatic rings. The Kier molecular flexibility index (Phi) is 5.08. The third kappa shape index (κ3) is 3.98. The third-order valence-electron chi connectivity index (χ3n) is 5.02. The summed E-state index contributed by atoms with van der Waals surface area (Å²) in [6.07, 6.45) is -0.335. The number of aryl methyl sites for hydroxylation is 1. The molecular weight excluding hydrogens is 449 g/mol. The number of oxazole rings is 1. The largest absolute Gasteiger partial charge is 0.434 e. The lowest BCUT2D eigenvalue weighted by Crippen LogP contribution is -2.23. The molecule has 0 amide bonds. The highest BCUT2D eigenvalue weighted by Crippen LogP contribution is 2.35. The minimum absolute atomic E-state index is 0.0962. The van der Waals surface area contributed by atoms with Crippen molar-refractivity contribution >= 4 is 0 Å². The van der Waals surface area contributed by atoms with Crippen LogP contribution < -0.4 is 5.69 Å². The van der Waals surface area contributed by atoms with E-state index in [4.69, 9.17) is 4.42 Å². The van der Waals surface area contributed by atoms with Crippen LogP contribution in [0, 0.1) is 6.92 Å². The van der Waals surface area contributed by atoms with E-state index in [1.165, 1.54) is 41.7 Å². The van der Waals surface area contributed by atoms with E-state index in [0.717, 1.165) is 22.3 Å². The molecule has 0 fully saturated rings. The first kappa shape index (κ1) is 21.3. The third-order valence-corrected chi connectivity index (χ3v) is 5.02. The molecule has 3 aromatic heterocycles. The quantitative estimate of drug-likeness (QED) is 0.390. The van der Waals surface area contributed by atoms with Crippen LogP contribution in [0.1, 0.15) is 11.1 Å². The lowest BCUT2D eigenvalue weighted by atomic mass is 10.1. The Labute approximate surface area is 190 Å². The van der Waals surface area contributed by atoms with Gasteiger partial charge in [0.1, 0.15) is 12.7 Å². The number of benzene rings is 2. The fourth-order valence-corrected chi connectivity index (χ4v) is 3.38. The van der Waals surface area contributed by atoms with E-state index < -0.39 is 17.4 Å². The number of hydrogen-bond donors (Lipinski definition) is 0. The Morgan fingerprint density at radius 2 is 1.76 bits per heavy atom. The molecule has 0 saturated carbocycles. The van der Waals surface area contributed by atoms with Crippen LogP contribution in [0.4, 0.5) is 13.2 Å². The topological polar surface area (TPSA) is 91.6 Å². The number of halogens is 3. The van der Waals surface area contributed by atoms with Gasteiger partial charge in [0.2, 0.25) is 5.89 Å². The molecule has 8 nitrogen and oxygen atoms in total. The smallest absolute Gasteiger partial charge is 0.416 e. The molecule has 0 radical (unpaired) electrons. The summed E-state index contributed by atoms with van der Waals surface area (Å²) in [5.41, 5.74) is 0.461. The van der Waals surface area contributed by atoms with Crippen LogP contribution in [-0.4, -0.2) is 29.3 Å². The van der Waals surface area contributed by atoms with Crippen LogP contribution in [0.5, 0.6) is 0 Å². The van der Waals surface area contributed by atoms with Crippen LogP contribution in [0.3, 0.4) is 0 Å². The second-order valence-electron chi connectivity index (χ2n) is 7.39. The monoisotopic (exact) mass is 464 g/mol. The van der Waals surface area contributed by atoms with Crippen LogP contribution in [-0.2, 0) is 6.18 Å². The van der Waals surface area contributed by atoms with E-state index in [-0.39, 0.29) is 23.3 Å². The highest BCUT2D eigenvalue weighted by molar-refractivity contribution is 5.69. The Hall–Kier alpha value is -4.54. The molecule has 34 heavy (non-hydrogen) atoms. The molecule has 2 aromatic carbocycles. The van der Waals surface area contributed by atoms with Gasteiger partial charge in [-0.1, -0.05) is 29.8 Å². The van der Waals surface area contributed by atoms with E-state index in [0.29, 0.717) is 11.1 Å². The van der Waals surface area contributed by atoms with E-state index in [2.05, 4.69) is 20.1 Å². The maximum absolute atomic E-state index is 13.0. The van der Waals surface area contributed by atoms with Gasteiger partial charge in [-0.15, -0.1) is 0 Å². The Balaban J connectivity index is 1.66. The summed E-state index contributed by atoms with van der Waals surface area (Å²) < 4.78 is 47.6. The first-order valence-corrected chi connectivity index (χ1v) is 10.0. The van der Waals surface area contributed by atoms with Gasteiger partial charge in [0, 0.05) is 17.3 Å². The van der Waals surface area contributed by atoms with Crippen molar-refractivity contribution < 1.29 is 17.6 Å². The summed E-state index contributed by atoms with van der Waals surface area (Å²) in [5, 5.41) is 3.94. The first-order valence-electron chi connectivity index (χ1n) is 10.0. The number of alkyl halides is 3. The van der Waals surface area contributed by atoms with Crippen molar-refractivity contribution in [1.29, 1.82) is 0 Å². The van der Waals surface area contributed by atoms with Gasteiger partial charge in [-0.05, 0) is 37.3 Å². The summed E-state index contributed by atoms with van der Waals surface area (Å²) in [6.45, 7) is 1.90. The molecule has 0 saturated heterocycles. The second-order valence-corrected chi connectivity index (χ2v) is 7.39. The fourth-order valence-electron chi connectivity index (χ4n) is 3.38. The van der Waals surface area contributed by atoms with Crippen LogP contribution >= 0.6 is 0 Å². The summed E-state index contributed by atoms with van der Waals surface area (Å²) in [7, 11) is 0. The molecular formula is C23H15F3N6O2. The van der Waals surface area contributed by atoms with Gasteiger partial charge in [0.25, 0.3) is 0 Å². The standard InChI is InChI=1S/C23H15F3N6O2/c1-14-3-2-4-16(11-14)21-30-20(19(34-21)15-5-7-17(8-6-15)23(24,25)26)31-10-9-18(29-22(31)33)32-13-27-12-28-32/h2-13H,1H3. The highest BCUT2D eigenvalue weighted by Gasteiger charge is 2.30. The van der Waals surface area contributed by atoms with Crippen molar-refractivity contribution in [2.24, 2.45) is 0 Å². The SMILES string of the molecule is Cc1cccc(-c2nc(-n3ccc(-n4cncn4)nc3=O)c(-c3ccc(C(F)(F)F)cc3)o2)c1. The first-order chi connectivity index (χ1) is 16.3. The fraction of sp³-hybridized carbons (Fsp3) is 0.0870. The summed E-state index contributed by atoms with van der Waals surface area (Å²) in [5.74, 6) is 0.680. The summed E-state index contributed by atoms with van der Waals surface area (Å²) >= 11 is 0. The van der Waals surface area contributed by atoms with Gasteiger partial charge >= 0.3 is 11.9 Å². The molecule has 0 bridgehead atoms. The van der Waals surface area contributed by atoms with Gasteiger partial charge in [0.05, 0.1) is 5.56 Å². The average Bonchev–Trinajstić information content (AvgIpc) is 3.49. The van der Waals surface area contributed by atoms with Crippen molar-refractivity contribution in [3.8, 4) is 34.4 Å². The molecule has 0 aliphatic carbocycles. The molecule has 0 spiro atoms. The number of rotatable bonds is 4. The van der Waals surface area contributed by atoms with Crippen LogP contribution in [0.15, 0.2) is 82.7 Å². The lowest BCUT2D eigenvalue weighted by molar-refractivity contribution is -0.137.